The molecule has 0 saturated heterocycles. The molecule has 1 aromatic rings. The van der Waals surface area contributed by atoms with E-state index >= 15 is 0 Å². The van der Waals surface area contributed by atoms with Gasteiger partial charge in [0, 0.05) is 31.6 Å². The van der Waals surface area contributed by atoms with Crippen molar-refractivity contribution in [1.82, 2.24) is 5.01 Å². The van der Waals surface area contributed by atoms with Gasteiger partial charge in [-0.1, -0.05) is 6.07 Å². The van der Waals surface area contributed by atoms with E-state index in [2.05, 4.69) is 11.2 Å². The second kappa shape index (κ2) is 3.93. The van der Waals surface area contributed by atoms with Crippen LogP contribution in [0.4, 0.5) is 5.69 Å². The van der Waals surface area contributed by atoms with E-state index in [0.717, 1.165) is 28.9 Å². The van der Waals surface area contributed by atoms with Crippen LogP contribution in [0.5, 0.6) is 0 Å². The number of carbonyl (C=O) groups excluding carboxylic acids is 2. The van der Waals surface area contributed by atoms with Crippen LogP contribution in [-0.4, -0.2) is 36.6 Å². The van der Waals surface area contributed by atoms with Gasteiger partial charge in [0.15, 0.2) is 0 Å². The Kier molecular flexibility index (Phi) is 2.35. The lowest BCUT2D eigenvalue weighted by atomic mass is 9.96. The van der Waals surface area contributed by atoms with Crippen LogP contribution < -0.4 is 4.90 Å². The normalized spacial score (nSPS) is 30.2. The molecule has 0 aromatic heterocycles. The average molecular weight is 283 g/mol. The summed E-state index contributed by atoms with van der Waals surface area (Å²) in [5.74, 6) is 0.510. The molecule has 0 N–H and O–H groups in total. The first kappa shape index (κ1) is 12.6. The molecule has 3 atom stereocenters. The van der Waals surface area contributed by atoms with E-state index in [0.29, 0.717) is 0 Å². The van der Waals surface area contributed by atoms with Crippen molar-refractivity contribution in [2.45, 2.75) is 19.3 Å². The zero-order valence-electron chi connectivity index (χ0n) is 12.3. The maximum Gasteiger partial charge on any atom is 0.246 e. The lowest BCUT2D eigenvalue weighted by molar-refractivity contribution is -0.131. The molecule has 0 bridgehead atoms. The number of fused-ring (bicyclic) bond motifs is 2. The third kappa shape index (κ3) is 1.60. The number of anilines is 1. The van der Waals surface area contributed by atoms with Gasteiger partial charge in [-0.05, 0) is 36.6 Å². The topological polar surface area (TPSA) is 53.0 Å². The molecule has 5 heteroatoms. The minimum atomic E-state index is -0.108. The van der Waals surface area contributed by atoms with E-state index in [9.17, 15) is 9.59 Å². The smallest absolute Gasteiger partial charge is 0.246 e. The number of hydrogen-bond acceptors (Lipinski definition) is 3. The number of hydrazone groups is 1. The molecule has 1 aromatic carbocycles. The monoisotopic (exact) mass is 283 g/mol. The molecule has 1 aliphatic carbocycles. The zero-order chi connectivity index (χ0) is 14.9. The van der Waals surface area contributed by atoms with Crippen molar-refractivity contribution in [3.63, 3.8) is 0 Å². The van der Waals surface area contributed by atoms with Gasteiger partial charge in [0.1, 0.15) is 0 Å². The molecule has 2 heterocycles. The molecule has 0 spiro atoms. The second-order valence-electron chi connectivity index (χ2n) is 6.19. The minimum Gasteiger partial charge on any atom is -0.315 e. The first-order chi connectivity index (χ1) is 9.99. The van der Waals surface area contributed by atoms with E-state index in [1.54, 1.807) is 11.9 Å². The summed E-state index contributed by atoms with van der Waals surface area (Å²) in [6.07, 6.45) is 0.896. The van der Waals surface area contributed by atoms with Crippen LogP contribution in [0.3, 0.4) is 0 Å². The van der Waals surface area contributed by atoms with Crippen LogP contribution >= 0.6 is 0 Å². The van der Waals surface area contributed by atoms with Gasteiger partial charge in [-0.3, -0.25) is 9.59 Å². The van der Waals surface area contributed by atoms with Crippen molar-refractivity contribution in [1.29, 1.82) is 0 Å². The molecule has 2 amide bonds. The van der Waals surface area contributed by atoms with Gasteiger partial charge in [0.25, 0.3) is 0 Å². The second-order valence-corrected chi connectivity index (χ2v) is 6.19. The Hall–Kier alpha value is -2.17. The maximum atomic E-state index is 12.1. The number of hydrogen-bond donors (Lipinski definition) is 0. The standard InChI is InChI=1S/C16H17N3O2/c1-8-10-6-9(4-5-13(10)18(2)15(8)20)14-11-7-12(11)16(21)19(3)17-14/h4-6,8,11-12H,7H2,1-3H3. The number of benzene rings is 1. The molecule has 108 valence electrons. The first-order valence-electron chi connectivity index (χ1n) is 7.27. The fourth-order valence-electron chi connectivity index (χ4n) is 3.48. The predicted molar refractivity (Wildman–Crippen MR) is 79.2 cm³/mol. The van der Waals surface area contributed by atoms with Crippen molar-refractivity contribution in [3.8, 4) is 0 Å². The third-order valence-electron chi connectivity index (χ3n) is 4.89. The highest BCUT2D eigenvalue weighted by Gasteiger charge is 2.51. The van der Waals surface area contributed by atoms with Gasteiger partial charge in [-0.25, -0.2) is 5.01 Å². The Bertz CT molecular complexity index is 709. The lowest BCUT2D eigenvalue weighted by Gasteiger charge is -2.19. The minimum absolute atomic E-state index is 0.108. The summed E-state index contributed by atoms with van der Waals surface area (Å²) in [4.78, 5) is 25.6. The van der Waals surface area contributed by atoms with Crippen LogP contribution in [0, 0.1) is 11.8 Å². The van der Waals surface area contributed by atoms with Gasteiger partial charge in [-0.15, -0.1) is 0 Å². The fraction of sp³-hybridized carbons (Fsp3) is 0.438. The fourth-order valence-corrected chi connectivity index (χ4v) is 3.48. The number of nitrogens with zero attached hydrogens (tertiary/aromatic N) is 3. The average Bonchev–Trinajstić information content (AvgIpc) is 3.25. The Balaban J connectivity index is 1.77. The number of amides is 2. The van der Waals surface area contributed by atoms with Gasteiger partial charge in [0.05, 0.1) is 11.6 Å². The van der Waals surface area contributed by atoms with Crippen molar-refractivity contribution in [2.75, 3.05) is 19.0 Å². The highest BCUT2D eigenvalue weighted by Crippen LogP contribution is 2.46. The quantitative estimate of drug-likeness (QED) is 0.785. The van der Waals surface area contributed by atoms with Crippen molar-refractivity contribution >= 4 is 23.2 Å². The van der Waals surface area contributed by atoms with E-state index in [-0.39, 0.29) is 29.6 Å². The molecule has 4 rings (SSSR count). The number of carbonyl (C=O) groups is 2. The van der Waals surface area contributed by atoms with Crippen LogP contribution in [0.25, 0.3) is 0 Å². The molecule has 3 unspecified atom stereocenters. The first-order valence-corrected chi connectivity index (χ1v) is 7.27. The summed E-state index contributed by atoms with van der Waals surface area (Å²) in [5, 5.41) is 5.90. The molecular formula is C16H17N3O2. The van der Waals surface area contributed by atoms with Crippen LogP contribution in [-0.2, 0) is 9.59 Å². The predicted octanol–water partition coefficient (Wildman–Crippen LogP) is 1.58. The summed E-state index contributed by atoms with van der Waals surface area (Å²) < 4.78 is 0. The molecule has 5 nitrogen and oxygen atoms in total. The number of likely N-dealkylation sites (N-methyl/N-ethyl adjacent to an activating group) is 1. The summed E-state index contributed by atoms with van der Waals surface area (Å²) in [6.45, 7) is 1.94. The van der Waals surface area contributed by atoms with Gasteiger partial charge in [0.2, 0.25) is 11.8 Å². The van der Waals surface area contributed by atoms with Crippen molar-refractivity contribution in [3.05, 3.63) is 29.3 Å². The highest BCUT2D eigenvalue weighted by atomic mass is 16.2. The molecule has 1 saturated carbocycles. The molecular weight excluding hydrogens is 266 g/mol. The highest BCUT2D eigenvalue weighted by molar-refractivity contribution is 6.11. The maximum absolute atomic E-state index is 12.1. The summed E-state index contributed by atoms with van der Waals surface area (Å²) in [7, 11) is 3.52. The Morgan fingerprint density at radius 3 is 2.67 bits per heavy atom. The third-order valence-corrected chi connectivity index (χ3v) is 4.89. The summed E-state index contributed by atoms with van der Waals surface area (Å²) >= 11 is 0. The van der Waals surface area contributed by atoms with E-state index in [4.69, 9.17) is 0 Å². The van der Waals surface area contributed by atoms with Crippen molar-refractivity contribution < 1.29 is 9.59 Å². The Morgan fingerprint density at radius 1 is 1.14 bits per heavy atom. The van der Waals surface area contributed by atoms with E-state index < -0.39 is 0 Å². The molecule has 3 aliphatic rings. The SMILES string of the molecule is CC1C(=O)N(C)c2ccc(C3=NN(C)C(=O)C4CC34)cc21. The Morgan fingerprint density at radius 2 is 1.90 bits per heavy atom. The van der Waals surface area contributed by atoms with Crippen LogP contribution in [0.1, 0.15) is 30.4 Å². The van der Waals surface area contributed by atoms with Crippen molar-refractivity contribution in [2.24, 2.45) is 16.9 Å². The zero-order valence-corrected chi connectivity index (χ0v) is 12.3. The lowest BCUT2D eigenvalue weighted by Crippen LogP contribution is -2.31. The molecule has 1 fully saturated rings. The van der Waals surface area contributed by atoms with E-state index in [1.807, 2.05) is 26.1 Å². The summed E-state index contributed by atoms with van der Waals surface area (Å²) in [5.41, 5.74) is 4.05. The molecule has 2 aliphatic heterocycles. The Labute approximate surface area is 123 Å². The van der Waals surface area contributed by atoms with E-state index in [1.165, 1.54) is 5.01 Å². The van der Waals surface area contributed by atoms with Gasteiger partial charge in [-0.2, -0.15) is 5.10 Å². The largest absolute Gasteiger partial charge is 0.315 e. The van der Waals surface area contributed by atoms with Crippen LogP contribution in [0.15, 0.2) is 23.3 Å². The van der Waals surface area contributed by atoms with Gasteiger partial charge < -0.3 is 4.90 Å². The van der Waals surface area contributed by atoms with Gasteiger partial charge >= 0.3 is 0 Å². The number of rotatable bonds is 1. The molecule has 21 heavy (non-hydrogen) atoms. The van der Waals surface area contributed by atoms with Crippen LogP contribution in [0.2, 0.25) is 0 Å². The summed E-state index contributed by atoms with van der Waals surface area (Å²) in [6, 6.07) is 6.07. The molecule has 0 radical (unpaired) electrons.